The maximum absolute atomic E-state index is 11.8. The third-order valence-corrected chi connectivity index (χ3v) is 7.41. The van der Waals surface area contributed by atoms with E-state index in [1.165, 1.54) is 11.6 Å². The van der Waals surface area contributed by atoms with Crippen molar-refractivity contribution in [3.8, 4) is 0 Å². The van der Waals surface area contributed by atoms with Crippen LogP contribution in [0.5, 0.6) is 0 Å². The Morgan fingerprint density at radius 3 is 2.71 bits per heavy atom. The van der Waals surface area contributed by atoms with E-state index in [0.717, 1.165) is 32.1 Å². The summed E-state index contributed by atoms with van der Waals surface area (Å²) in [5, 5.41) is 20.3. The first-order valence-electron chi connectivity index (χ1n) is 9.15. The van der Waals surface area contributed by atoms with Crippen molar-refractivity contribution >= 4 is 5.97 Å². The molecule has 0 aromatic heterocycles. The molecule has 3 rings (SSSR count). The lowest BCUT2D eigenvalue weighted by Gasteiger charge is -2.60. The lowest BCUT2D eigenvalue weighted by molar-refractivity contribution is -0.151. The number of hydrogen-bond acceptors (Lipinski definition) is 4. The van der Waals surface area contributed by atoms with Crippen molar-refractivity contribution in [3.05, 3.63) is 23.8 Å². The first kappa shape index (κ1) is 17.7. The van der Waals surface area contributed by atoms with Crippen molar-refractivity contribution in [3.63, 3.8) is 0 Å². The zero-order chi connectivity index (χ0) is 17.7. The highest BCUT2D eigenvalue weighted by atomic mass is 16.6. The van der Waals surface area contributed by atoms with Crippen LogP contribution in [0.15, 0.2) is 23.8 Å². The molecular formula is C20H30O4. The van der Waals surface area contributed by atoms with E-state index in [0.29, 0.717) is 23.8 Å². The molecule has 1 heterocycles. The van der Waals surface area contributed by atoms with E-state index in [1.54, 1.807) is 0 Å². The number of cyclic esters (lactones) is 1. The Kier molecular flexibility index (Phi) is 4.42. The van der Waals surface area contributed by atoms with E-state index in [-0.39, 0.29) is 16.9 Å². The minimum Gasteiger partial charge on any atom is -0.429 e. The number of aliphatic hydroxyl groups excluding tert-OH is 2. The van der Waals surface area contributed by atoms with Crippen molar-refractivity contribution in [1.82, 2.24) is 0 Å². The molecular weight excluding hydrogens is 304 g/mol. The second-order valence-corrected chi connectivity index (χ2v) is 8.48. The molecule has 134 valence electrons. The van der Waals surface area contributed by atoms with Crippen LogP contribution in [0.3, 0.4) is 0 Å². The van der Waals surface area contributed by atoms with Gasteiger partial charge in [0.2, 0.25) is 6.29 Å². The lowest BCUT2D eigenvalue weighted by atomic mass is 9.45. The van der Waals surface area contributed by atoms with Gasteiger partial charge in [0.1, 0.15) is 0 Å². The van der Waals surface area contributed by atoms with E-state index in [2.05, 4.69) is 27.4 Å². The van der Waals surface area contributed by atoms with Crippen molar-refractivity contribution < 1.29 is 19.7 Å². The maximum atomic E-state index is 11.8. The number of carbonyl (C=O) groups is 1. The Hall–Kier alpha value is -1.13. The van der Waals surface area contributed by atoms with Gasteiger partial charge in [0.05, 0.1) is 6.10 Å². The van der Waals surface area contributed by atoms with Crippen LogP contribution >= 0.6 is 0 Å². The van der Waals surface area contributed by atoms with Gasteiger partial charge in [-0.2, -0.15) is 0 Å². The summed E-state index contributed by atoms with van der Waals surface area (Å²) in [5.74, 6) is 0.345. The fourth-order valence-electron chi connectivity index (χ4n) is 5.48. The number of aliphatic hydroxyl groups is 2. The molecule has 2 fully saturated rings. The summed E-state index contributed by atoms with van der Waals surface area (Å²) in [4.78, 5) is 11.8. The highest BCUT2D eigenvalue weighted by Gasteiger charge is 2.57. The molecule has 3 aliphatic rings. The number of ether oxygens (including phenoxy) is 1. The van der Waals surface area contributed by atoms with E-state index >= 15 is 0 Å². The van der Waals surface area contributed by atoms with Crippen LogP contribution in [0.25, 0.3) is 0 Å². The SMILES string of the molecule is C=C1CCC[C@@H]2[C@@](C)(CCC3=CC(O)OC3=O)[C@H](C)C[C@H](O)[C@@]12C. The lowest BCUT2D eigenvalue weighted by Crippen LogP contribution is -2.57. The summed E-state index contributed by atoms with van der Waals surface area (Å²) >= 11 is 0. The Morgan fingerprint density at radius 1 is 1.38 bits per heavy atom. The average Bonchev–Trinajstić information content (AvgIpc) is 2.84. The maximum Gasteiger partial charge on any atom is 0.336 e. The highest BCUT2D eigenvalue weighted by Crippen LogP contribution is 2.62. The molecule has 6 atom stereocenters. The predicted octanol–water partition coefficient (Wildman–Crippen LogP) is 3.34. The molecule has 1 aliphatic heterocycles. The number of carbonyl (C=O) groups excluding carboxylic acids is 1. The van der Waals surface area contributed by atoms with Crippen LogP contribution in [-0.4, -0.2) is 28.6 Å². The highest BCUT2D eigenvalue weighted by molar-refractivity contribution is 5.90. The Labute approximate surface area is 144 Å². The standard InChI is InChI=1S/C20H30O4/c1-12-6-5-7-15-19(3,13(2)10-16(21)20(12,15)4)9-8-14-11-17(22)24-18(14)23/h11,13,15-17,21-22H,1,5-10H2,2-4H3/t13-,15-,16+,17?,19+,20+/m1/s1. The van der Waals surface area contributed by atoms with Gasteiger partial charge in [-0.1, -0.05) is 32.9 Å². The fourth-order valence-corrected chi connectivity index (χ4v) is 5.48. The summed E-state index contributed by atoms with van der Waals surface area (Å²) in [6.45, 7) is 11.0. The van der Waals surface area contributed by atoms with E-state index in [4.69, 9.17) is 4.74 Å². The van der Waals surface area contributed by atoms with Crippen LogP contribution in [0.4, 0.5) is 0 Å². The van der Waals surface area contributed by atoms with Crippen LogP contribution < -0.4 is 0 Å². The normalized spacial score (nSPS) is 45.6. The van der Waals surface area contributed by atoms with Crippen LogP contribution in [0.1, 0.15) is 59.3 Å². The van der Waals surface area contributed by atoms with Gasteiger partial charge >= 0.3 is 5.97 Å². The van der Waals surface area contributed by atoms with Gasteiger partial charge in [0.25, 0.3) is 0 Å². The number of hydrogen-bond donors (Lipinski definition) is 2. The number of fused-ring (bicyclic) bond motifs is 1. The molecule has 4 nitrogen and oxygen atoms in total. The summed E-state index contributed by atoms with van der Waals surface area (Å²) in [7, 11) is 0. The topological polar surface area (TPSA) is 66.8 Å². The minimum atomic E-state index is -1.09. The molecule has 0 aromatic carbocycles. The van der Waals surface area contributed by atoms with E-state index < -0.39 is 12.3 Å². The van der Waals surface area contributed by atoms with Gasteiger partial charge in [-0.3, -0.25) is 0 Å². The third kappa shape index (κ3) is 2.55. The molecule has 2 aliphatic carbocycles. The van der Waals surface area contributed by atoms with E-state index in [9.17, 15) is 15.0 Å². The van der Waals surface area contributed by atoms with Crippen molar-refractivity contribution in [1.29, 1.82) is 0 Å². The summed E-state index contributed by atoms with van der Waals surface area (Å²) in [6, 6.07) is 0. The quantitative estimate of drug-likeness (QED) is 0.614. The smallest absolute Gasteiger partial charge is 0.336 e. The molecule has 0 radical (unpaired) electrons. The Bertz CT molecular complexity index is 580. The minimum absolute atomic E-state index is 0.0337. The van der Waals surface area contributed by atoms with Gasteiger partial charge in [-0.15, -0.1) is 0 Å². The second-order valence-electron chi connectivity index (χ2n) is 8.48. The van der Waals surface area contributed by atoms with Gasteiger partial charge in [0, 0.05) is 11.0 Å². The van der Waals surface area contributed by atoms with Crippen molar-refractivity contribution in [2.45, 2.75) is 71.7 Å². The molecule has 0 saturated heterocycles. The first-order chi connectivity index (χ1) is 11.2. The molecule has 0 aromatic rings. The van der Waals surface area contributed by atoms with Gasteiger partial charge < -0.3 is 14.9 Å². The number of rotatable bonds is 3. The summed E-state index contributed by atoms with van der Waals surface area (Å²) in [6.07, 6.45) is 5.56. The molecule has 2 saturated carbocycles. The zero-order valence-electron chi connectivity index (χ0n) is 15.0. The average molecular weight is 334 g/mol. The Balaban J connectivity index is 1.85. The first-order valence-corrected chi connectivity index (χ1v) is 9.15. The fraction of sp³-hybridized carbons (Fsp3) is 0.750. The summed E-state index contributed by atoms with van der Waals surface area (Å²) < 4.78 is 4.80. The molecule has 24 heavy (non-hydrogen) atoms. The van der Waals surface area contributed by atoms with Gasteiger partial charge in [0.15, 0.2) is 0 Å². The third-order valence-electron chi connectivity index (χ3n) is 7.41. The van der Waals surface area contributed by atoms with Crippen LogP contribution in [0.2, 0.25) is 0 Å². The monoisotopic (exact) mass is 334 g/mol. The zero-order valence-corrected chi connectivity index (χ0v) is 15.0. The molecule has 2 N–H and O–H groups in total. The predicted molar refractivity (Wildman–Crippen MR) is 91.9 cm³/mol. The van der Waals surface area contributed by atoms with Crippen LogP contribution in [0, 0.1) is 22.7 Å². The molecule has 0 amide bonds. The molecule has 4 heteroatoms. The second kappa shape index (κ2) is 5.99. The van der Waals surface area contributed by atoms with Gasteiger partial charge in [-0.05, 0) is 61.9 Å². The molecule has 0 spiro atoms. The van der Waals surface area contributed by atoms with Crippen molar-refractivity contribution in [2.75, 3.05) is 0 Å². The Morgan fingerprint density at radius 2 is 2.08 bits per heavy atom. The van der Waals surface area contributed by atoms with E-state index in [1.807, 2.05) is 0 Å². The van der Waals surface area contributed by atoms with Crippen LogP contribution in [-0.2, 0) is 9.53 Å². The molecule has 1 unspecified atom stereocenters. The van der Waals surface area contributed by atoms with Gasteiger partial charge in [-0.25, -0.2) is 4.79 Å². The largest absolute Gasteiger partial charge is 0.429 e. The number of esters is 1. The van der Waals surface area contributed by atoms with Crippen molar-refractivity contribution in [2.24, 2.45) is 22.7 Å². The summed E-state index contributed by atoms with van der Waals surface area (Å²) in [5.41, 5.74) is 1.56. The molecule has 0 bridgehead atoms.